The molecule has 0 radical (unpaired) electrons. The van der Waals surface area contributed by atoms with Gasteiger partial charge in [0.05, 0.1) is 36.0 Å². The van der Waals surface area contributed by atoms with Crippen molar-refractivity contribution >= 4 is 28.7 Å². The SMILES string of the molecule is CCN(CC)C(=O)C1=C(C)N=C2SC=C(CC(=O)NCc3ccccn3)N2C1c1cccc(C)c1. The van der Waals surface area contributed by atoms with E-state index in [9.17, 15) is 9.59 Å². The molecule has 1 N–H and O–H groups in total. The largest absolute Gasteiger partial charge is 0.350 e. The Kier molecular flexibility index (Phi) is 7.70. The summed E-state index contributed by atoms with van der Waals surface area (Å²) in [4.78, 5) is 39.5. The standard InChI is InChI=1S/C27H31N5O2S/c1-5-31(6-2)26(34)24-19(4)30-27-32(25(24)20-11-9-10-18(3)14-20)22(17-35-27)15-23(33)29-16-21-12-7-8-13-28-21/h7-14,17,25H,5-6,15-16H2,1-4H3,(H,29,33). The molecule has 0 aliphatic carbocycles. The van der Waals surface area contributed by atoms with Gasteiger partial charge in [0, 0.05) is 25.0 Å². The number of rotatable bonds is 8. The van der Waals surface area contributed by atoms with Crippen LogP contribution in [-0.4, -0.2) is 44.9 Å². The number of nitrogens with one attached hydrogen (secondary N) is 1. The molecule has 0 saturated carbocycles. The first-order chi connectivity index (χ1) is 16.9. The summed E-state index contributed by atoms with van der Waals surface area (Å²) in [5.41, 5.74) is 5.14. The highest BCUT2D eigenvalue weighted by Crippen LogP contribution is 2.45. The lowest BCUT2D eigenvalue weighted by molar-refractivity contribution is -0.127. The van der Waals surface area contributed by atoms with Gasteiger partial charge in [-0.25, -0.2) is 4.99 Å². The normalized spacial score (nSPS) is 17.0. The van der Waals surface area contributed by atoms with Crippen molar-refractivity contribution in [3.05, 3.63) is 87.9 Å². The molecule has 2 aliphatic heterocycles. The minimum absolute atomic E-state index is 0.0161. The van der Waals surface area contributed by atoms with Crippen molar-refractivity contribution in [3.63, 3.8) is 0 Å². The van der Waals surface area contributed by atoms with Gasteiger partial charge in [-0.2, -0.15) is 0 Å². The summed E-state index contributed by atoms with van der Waals surface area (Å²) < 4.78 is 0. The highest BCUT2D eigenvalue weighted by molar-refractivity contribution is 8.16. The van der Waals surface area contributed by atoms with Crippen LogP contribution in [0.1, 0.15) is 50.1 Å². The highest BCUT2D eigenvalue weighted by atomic mass is 32.2. The van der Waals surface area contributed by atoms with E-state index in [2.05, 4.69) is 21.3 Å². The van der Waals surface area contributed by atoms with Gasteiger partial charge in [-0.15, -0.1) is 0 Å². The number of aryl methyl sites for hydroxylation is 1. The minimum Gasteiger partial charge on any atom is -0.350 e. The Morgan fingerprint density at radius 1 is 1.11 bits per heavy atom. The van der Waals surface area contributed by atoms with E-state index in [4.69, 9.17) is 4.99 Å². The molecule has 0 fully saturated rings. The molecule has 7 nitrogen and oxygen atoms in total. The van der Waals surface area contributed by atoms with Crippen LogP contribution in [0.3, 0.4) is 0 Å². The van der Waals surface area contributed by atoms with Gasteiger partial charge >= 0.3 is 0 Å². The molecule has 2 aromatic rings. The molecule has 0 bridgehead atoms. The Morgan fingerprint density at radius 3 is 2.60 bits per heavy atom. The second-order valence-corrected chi connectivity index (χ2v) is 9.40. The summed E-state index contributed by atoms with van der Waals surface area (Å²) in [6, 6.07) is 13.5. The Hall–Kier alpha value is -3.39. The van der Waals surface area contributed by atoms with Gasteiger partial charge in [0.25, 0.3) is 5.91 Å². The number of fused-ring (bicyclic) bond motifs is 1. The number of likely N-dealkylation sites (N-methyl/N-ethyl adjacent to an activating group) is 1. The van der Waals surface area contributed by atoms with Crippen molar-refractivity contribution in [2.75, 3.05) is 13.1 Å². The zero-order chi connectivity index (χ0) is 24.9. The first-order valence-electron chi connectivity index (χ1n) is 11.9. The third kappa shape index (κ3) is 5.32. The fraction of sp³-hybridized carbons (Fsp3) is 0.333. The maximum absolute atomic E-state index is 13.7. The smallest absolute Gasteiger partial charge is 0.254 e. The number of nitrogens with zero attached hydrogens (tertiary/aromatic N) is 4. The van der Waals surface area contributed by atoms with Crippen LogP contribution < -0.4 is 5.32 Å². The van der Waals surface area contributed by atoms with Crippen molar-refractivity contribution in [2.24, 2.45) is 4.99 Å². The quantitative estimate of drug-likeness (QED) is 0.589. The molecule has 0 spiro atoms. The van der Waals surface area contributed by atoms with Crippen LogP contribution in [0.4, 0.5) is 0 Å². The number of allylic oxidation sites excluding steroid dienone is 1. The number of benzene rings is 1. The Balaban J connectivity index is 1.65. The molecule has 3 heterocycles. The van der Waals surface area contributed by atoms with Crippen LogP contribution >= 0.6 is 11.8 Å². The molecule has 2 aliphatic rings. The summed E-state index contributed by atoms with van der Waals surface area (Å²) in [5, 5.41) is 5.72. The van der Waals surface area contributed by atoms with Crippen LogP contribution in [-0.2, 0) is 16.1 Å². The van der Waals surface area contributed by atoms with E-state index in [1.807, 2.05) is 74.4 Å². The van der Waals surface area contributed by atoms with E-state index in [-0.39, 0.29) is 24.3 Å². The summed E-state index contributed by atoms with van der Waals surface area (Å²) in [7, 11) is 0. The molecular formula is C27H31N5O2S. The summed E-state index contributed by atoms with van der Waals surface area (Å²) in [5.74, 6) is -0.118. The number of aliphatic imine (C=N–C) groups is 1. The summed E-state index contributed by atoms with van der Waals surface area (Å²) in [6.07, 6.45) is 1.90. The molecule has 35 heavy (non-hydrogen) atoms. The average molecular weight is 490 g/mol. The fourth-order valence-corrected chi connectivity index (χ4v) is 5.36. The molecule has 4 rings (SSSR count). The number of hydrogen-bond donors (Lipinski definition) is 1. The van der Waals surface area contributed by atoms with Crippen LogP contribution in [0.15, 0.2) is 76.0 Å². The number of hydrogen-bond acceptors (Lipinski definition) is 6. The van der Waals surface area contributed by atoms with Gasteiger partial charge in [0.2, 0.25) is 5.91 Å². The maximum atomic E-state index is 13.7. The molecule has 182 valence electrons. The second kappa shape index (κ2) is 10.9. The Labute approximate surface area is 211 Å². The predicted octanol–water partition coefficient (Wildman–Crippen LogP) is 4.54. The number of thioether (sulfide) groups is 1. The van der Waals surface area contributed by atoms with Gasteiger partial charge in [-0.3, -0.25) is 14.6 Å². The lowest BCUT2D eigenvalue weighted by atomic mass is 9.92. The number of amidine groups is 1. The van der Waals surface area contributed by atoms with Gasteiger partial charge in [-0.1, -0.05) is 47.7 Å². The molecule has 0 saturated heterocycles. The van der Waals surface area contributed by atoms with Crippen molar-refractivity contribution in [3.8, 4) is 0 Å². The van der Waals surface area contributed by atoms with Crippen LogP contribution in [0.25, 0.3) is 0 Å². The van der Waals surface area contributed by atoms with Crippen molar-refractivity contribution in [1.82, 2.24) is 20.1 Å². The van der Waals surface area contributed by atoms with Gasteiger partial charge in [0.1, 0.15) is 0 Å². The van der Waals surface area contributed by atoms with E-state index in [0.29, 0.717) is 25.2 Å². The first-order valence-corrected chi connectivity index (χ1v) is 12.8. The maximum Gasteiger partial charge on any atom is 0.254 e. The van der Waals surface area contributed by atoms with Crippen molar-refractivity contribution < 1.29 is 9.59 Å². The van der Waals surface area contributed by atoms with Gasteiger partial charge < -0.3 is 15.1 Å². The van der Waals surface area contributed by atoms with Crippen LogP contribution in [0.2, 0.25) is 0 Å². The highest BCUT2D eigenvalue weighted by Gasteiger charge is 2.41. The molecule has 8 heteroatoms. The molecule has 1 atom stereocenters. The number of aromatic nitrogens is 1. The number of carbonyl (C=O) groups excluding carboxylic acids is 2. The lowest BCUT2D eigenvalue weighted by Gasteiger charge is -2.38. The third-order valence-corrected chi connectivity index (χ3v) is 7.06. The second-order valence-electron chi connectivity index (χ2n) is 8.56. The van der Waals surface area contributed by atoms with Crippen molar-refractivity contribution in [1.29, 1.82) is 0 Å². The predicted molar refractivity (Wildman–Crippen MR) is 140 cm³/mol. The van der Waals surface area contributed by atoms with Gasteiger partial charge in [-0.05, 0) is 50.8 Å². The number of pyridine rings is 1. The number of amides is 2. The first kappa shape index (κ1) is 24.7. The molecular weight excluding hydrogens is 458 g/mol. The van der Waals surface area contributed by atoms with Gasteiger partial charge in [0.15, 0.2) is 5.17 Å². The third-order valence-electron chi connectivity index (χ3n) is 6.17. The zero-order valence-corrected chi connectivity index (χ0v) is 21.4. The minimum atomic E-state index is -0.347. The van der Waals surface area contributed by atoms with Crippen LogP contribution in [0.5, 0.6) is 0 Å². The van der Waals surface area contributed by atoms with Crippen molar-refractivity contribution in [2.45, 2.75) is 46.7 Å². The summed E-state index contributed by atoms with van der Waals surface area (Å²) in [6.45, 7) is 9.53. The van der Waals surface area contributed by atoms with E-state index < -0.39 is 0 Å². The van der Waals surface area contributed by atoms with Crippen LogP contribution in [0, 0.1) is 6.92 Å². The fourth-order valence-electron chi connectivity index (χ4n) is 4.40. The average Bonchev–Trinajstić information content (AvgIpc) is 3.24. The topological polar surface area (TPSA) is 77.9 Å². The van der Waals surface area contributed by atoms with E-state index in [1.54, 1.807) is 6.20 Å². The molecule has 2 amide bonds. The summed E-state index contributed by atoms with van der Waals surface area (Å²) >= 11 is 1.49. The van der Waals surface area contributed by atoms with E-state index in [1.165, 1.54) is 11.8 Å². The Bertz CT molecular complexity index is 1200. The molecule has 1 aromatic heterocycles. The zero-order valence-electron chi connectivity index (χ0n) is 20.6. The van der Waals surface area contributed by atoms with E-state index in [0.717, 1.165) is 33.4 Å². The van der Waals surface area contributed by atoms with E-state index >= 15 is 0 Å². The molecule has 1 unspecified atom stereocenters. The monoisotopic (exact) mass is 489 g/mol. The lowest BCUT2D eigenvalue weighted by Crippen LogP contribution is -2.42. The molecule has 1 aromatic carbocycles. The Morgan fingerprint density at radius 2 is 1.91 bits per heavy atom. The number of carbonyl (C=O) groups is 2.